The summed E-state index contributed by atoms with van der Waals surface area (Å²) >= 11 is 0. The van der Waals surface area contributed by atoms with Crippen molar-refractivity contribution < 1.29 is 0 Å². The zero-order valence-corrected chi connectivity index (χ0v) is 13.5. The molecule has 2 aromatic rings. The highest BCUT2D eigenvalue weighted by atomic mass is 14.2. The molecule has 0 heterocycles. The number of aryl methyl sites for hydroxylation is 2. The SMILES string of the molecule is CCCCc1cccc2c3c(ccc12)C1=C(CCC=C1)CC3. The van der Waals surface area contributed by atoms with Gasteiger partial charge in [-0.3, -0.25) is 0 Å². The minimum Gasteiger partial charge on any atom is -0.0836 e. The third-order valence-corrected chi connectivity index (χ3v) is 5.31. The van der Waals surface area contributed by atoms with E-state index in [9.17, 15) is 0 Å². The standard InChI is InChI=1S/C22H24/c1-2-3-7-16-9-6-11-20-19(16)14-15-21-18-10-5-4-8-17(18)12-13-22(20)21/h5-6,9-11,14-15H,2-4,7-8,12-13H2,1H3. The van der Waals surface area contributed by atoms with Crippen molar-refractivity contribution in [3.05, 3.63) is 64.7 Å². The van der Waals surface area contributed by atoms with Crippen molar-refractivity contribution in [2.75, 3.05) is 0 Å². The summed E-state index contributed by atoms with van der Waals surface area (Å²) in [6.45, 7) is 2.27. The van der Waals surface area contributed by atoms with Crippen LogP contribution in [0.3, 0.4) is 0 Å². The number of fused-ring (bicyclic) bond motifs is 4. The fourth-order valence-corrected chi connectivity index (χ4v) is 4.12. The Morgan fingerprint density at radius 1 is 0.955 bits per heavy atom. The van der Waals surface area contributed by atoms with Gasteiger partial charge in [0, 0.05) is 0 Å². The second-order valence-corrected chi connectivity index (χ2v) is 6.67. The number of rotatable bonds is 3. The van der Waals surface area contributed by atoms with Crippen molar-refractivity contribution in [3.63, 3.8) is 0 Å². The average molecular weight is 288 g/mol. The van der Waals surface area contributed by atoms with Gasteiger partial charge in [-0.25, -0.2) is 0 Å². The van der Waals surface area contributed by atoms with E-state index in [1.807, 2.05) is 0 Å². The van der Waals surface area contributed by atoms with Crippen LogP contribution in [0.15, 0.2) is 48.1 Å². The molecule has 0 nitrogen and oxygen atoms in total. The van der Waals surface area contributed by atoms with Crippen LogP contribution in [-0.4, -0.2) is 0 Å². The smallest absolute Gasteiger partial charge is 0.0143 e. The molecule has 0 radical (unpaired) electrons. The predicted molar refractivity (Wildman–Crippen MR) is 96.2 cm³/mol. The summed E-state index contributed by atoms with van der Waals surface area (Å²) in [7, 11) is 0. The van der Waals surface area contributed by atoms with Gasteiger partial charge < -0.3 is 0 Å². The van der Waals surface area contributed by atoms with Gasteiger partial charge >= 0.3 is 0 Å². The minimum atomic E-state index is 1.21. The van der Waals surface area contributed by atoms with Gasteiger partial charge in [-0.2, -0.15) is 0 Å². The van der Waals surface area contributed by atoms with Crippen molar-refractivity contribution in [2.24, 2.45) is 0 Å². The maximum atomic E-state index is 2.39. The maximum absolute atomic E-state index is 2.39. The summed E-state index contributed by atoms with van der Waals surface area (Å²) in [5.41, 5.74) is 7.81. The van der Waals surface area contributed by atoms with Crippen LogP contribution in [0, 0.1) is 0 Å². The highest BCUT2D eigenvalue weighted by Crippen LogP contribution is 2.40. The summed E-state index contributed by atoms with van der Waals surface area (Å²) < 4.78 is 0. The van der Waals surface area contributed by atoms with Gasteiger partial charge in [0.15, 0.2) is 0 Å². The quantitative estimate of drug-likeness (QED) is 0.627. The number of hydrogen-bond donors (Lipinski definition) is 0. The first-order valence-corrected chi connectivity index (χ1v) is 8.81. The summed E-state index contributed by atoms with van der Waals surface area (Å²) in [4.78, 5) is 0. The Morgan fingerprint density at radius 2 is 1.91 bits per heavy atom. The highest BCUT2D eigenvalue weighted by Gasteiger charge is 2.20. The molecule has 0 aromatic heterocycles. The Balaban J connectivity index is 1.88. The molecular formula is C22H24. The van der Waals surface area contributed by atoms with E-state index >= 15 is 0 Å². The van der Waals surface area contributed by atoms with Gasteiger partial charge in [0.05, 0.1) is 0 Å². The Kier molecular flexibility index (Phi) is 3.62. The van der Waals surface area contributed by atoms with Crippen LogP contribution in [-0.2, 0) is 12.8 Å². The Labute approximate surface area is 133 Å². The second kappa shape index (κ2) is 5.76. The Hall–Kier alpha value is -1.82. The van der Waals surface area contributed by atoms with Gasteiger partial charge in [0.1, 0.15) is 0 Å². The van der Waals surface area contributed by atoms with E-state index in [2.05, 4.69) is 49.4 Å². The van der Waals surface area contributed by atoms with E-state index in [0.717, 1.165) is 0 Å². The lowest BCUT2D eigenvalue weighted by atomic mass is 9.79. The molecule has 0 atom stereocenters. The van der Waals surface area contributed by atoms with E-state index in [1.165, 1.54) is 72.4 Å². The molecule has 0 bridgehead atoms. The van der Waals surface area contributed by atoms with E-state index in [1.54, 1.807) is 11.1 Å². The molecule has 0 aliphatic heterocycles. The fourth-order valence-electron chi connectivity index (χ4n) is 4.12. The van der Waals surface area contributed by atoms with Crippen LogP contribution in [0.5, 0.6) is 0 Å². The average Bonchev–Trinajstić information content (AvgIpc) is 2.59. The molecule has 112 valence electrons. The van der Waals surface area contributed by atoms with Crippen LogP contribution < -0.4 is 0 Å². The lowest BCUT2D eigenvalue weighted by molar-refractivity contribution is 0.798. The molecule has 4 rings (SSSR count). The fraction of sp³-hybridized carbons (Fsp3) is 0.364. The number of allylic oxidation sites excluding steroid dienone is 4. The highest BCUT2D eigenvalue weighted by molar-refractivity contribution is 5.95. The van der Waals surface area contributed by atoms with Gasteiger partial charge in [-0.1, -0.05) is 61.4 Å². The van der Waals surface area contributed by atoms with Gasteiger partial charge in [-0.05, 0) is 71.6 Å². The van der Waals surface area contributed by atoms with E-state index < -0.39 is 0 Å². The first-order valence-electron chi connectivity index (χ1n) is 8.81. The number of benzene rings is 2. The van der Waals surface area contributed by atoms with Crippen molar-refractivity contribution in [3.8, 4) is 0 Å². The van der Waals surface area contributed by atoms with Crippen LogP contribution in [0.25, 0.3) is 16.3 Å². The van der Waals surface area contributed by atoms with Crippen molar-refractivity contribution in [1.82, 2.24) is 0 Å². The topological polar surface area (TPSA) is 0 Å². The summed E-state index contributed by atoms with van der Waals surface area (Å²) in [6.07, 6.45) is 13.4. The Morgan fingerprint density at radius 3 is 2.82 bits per heavy atom. The monoisotopic (exact) mass is 288 g/mol. The molecule has 0 saturated carbocycles. The molecule has 0 fully saturated rings. The van der Waals surface area contributed by atoms with Crippen LogP contribution in [0.2, 0.25) is 0 Å². The molecule has 22 heavy (non-hydrogen) atoms. The predicted octanol–water partition coefficient (Wildman–Crippen LogP) is 6.23. The van der Waals surface area contributed by atoms with Crippen molar-refractivity contribution in [2.45, 2.75) is 51.9 Å². The summed E-state index contributed by atoms with van der Waals surface area (Å²) in [5, 5.41) is 2.98. The molecule has 0 amide bonds. The zero-order valence-electron chi connectivity index (χ0n) is 13.5. The lowest BCUT2D eigenvalue weighted by Crippen LogP contribution is -2.07. The van der Waals surface area contributed by atoms with Crippen molar-refractivity contribution in [1.29, 1.82) is 0 Å². The summed E-state index contributed by atoms with van der Waals surface area (Å²) in [6, 6.07) is 11.7. The van der Waals surface area contributed by atoms with Crippen LogP contribution >= 0.6 is 0 Å². The zero-order chi connectivity index (χ0) is 14.9. The normalized spacial score (nSPS) is 16.8. The maximum Gasteiger partial charge on any atom is -0.0143 e. The molecule has 0 saturated heterocycles. The Bertz CT molecular complexity index is 774. The van der Waals surface area contributed by atoms with Gasteiger partial charge in [-0.15, -0.1) is 0 Å². The molecule has 0 spiro atoms. The second-order valence-electron chi connectivity index (χ2n) is 6.67. The van der Waals surface area contributed by atoms with Crippen LogP contribution in [0.1, 0.15) is 55.7 Å². The number of unbranched alkanes of at least 4 members (excludes halogenated alkanes) is 1. The third kappa shape index (κ3) is 2.22. The van der Waals surface area contributed by atoms with Crippen LogP contribution in [0.4, 0.5) is 0 Å². The minimum absolute atomic E-state index is 1.21. The van der Waals surface area contributed by atoms with E-state index in [-0.39, 0.29) is 0 Å². The molecule has 0 N–H and O–H groups in total. The molecule has 2 aliphatic carbocycles. The summed E-state index contributed by atoms with van der Waals surface area (Å²) in [5.74, 6) is 0. The van der Waals surface area contributed by atoms with E-state index in [4.69, 9.17) is 0 Å². The molecular weight excluding hydrogens is 264 g/mol. The molecule has 2 aromatic carbocycles. The van der Waals surface area contributed by atoms with Gasteiger partial charge in [0.25, 0.3) is 0 Å². The third-order valence-electron chi connectivity index (χ3n) is 5.31. The number of hydrogen-bond acceptors (Lipinski definition) is 0. The largest absolute Gasteiger partial charge is 0.0836 e. The molecule has 2 aliphatic rings. The van der Waals surface area contributed by atoms with E-state index in [0.29, 0.717) is 0 Å². The first-order chi connectivity index (χ1) is 10.9. The molecule has 0 unspecified atom stereocenters. The van der Waals surface area contributed by atoms with Crippen molar-refractivity contribution >= 4 is 16.3 Å². The lowest BCUT2D eigenvalue weighted by Gasteiger charge is -2.25. The first kappa shape index (κ1) is 13.8. The molecule has 0 heteroatoms. The van der Waals surface area contributed by atoms with Gasteiger partial charge in [0.2, 0.25) is 0 Å².